The Bertz CT molecular complexity index is 628. The van der Waals surface area contributed by atoms with Crippen LogP contribution in [0.3, 0.4) is 0 Å². The van der Waals surface area contributed by atoms with Crippen molar-refractivity contribution in [2.75, 3.05) is 0 Å². The molecule has 0 aliphatic rings. The van der Waals surface area contributed by atoms with E-state index in [9.17, 15) is 20.2 Å². The fourth-order valence-electron chi connectivity index (χ4n) is 1.93. The van der Waals surface area contributed by atoms with E-state index in [1.807, 2.05) is 6.92 Å². The van der Waals surface area contributed by atoms with E-state index in [-0.39, 0.29) is 5.69 Å². The molecular weight excluding hydrogens is 245 g/mol. The zero-order valence-corrected chi connectivity index (χ0v) is 10.3. The Morgan fingerprint density at radius 3 is 2.53 bits per heavy atom. The van der Waals surface area contributed by atoms with Gasteiger partial charge in [0.2, 0.25) is 0 Å². The van der Waals surface area contributed by atoms with Gasteiger partial charge in [0, 0.05) is 12.1 Å². The van der Waals surface area contributed by atoms with E-state index in [1.165, 1.54) is 12.1 Å². The number of benzene rings is 2. The van der Waals surface area contributed by atoms with Crippen LogP contribution in [0.15, 0.2) is 42.5 Å². The van der Waals surface area contributed by atoms with Crippen LogP contribution in [-0.2, 0) is 0 Å². The lowest BCUT2D eigenvalue weighted by molar-refractivity contribution is -0.384. The molecule has 0 radical (unpaired) electrons. The highest BCUT2D eigenvalue weighted by Gasteiger charge is 2.18. The molecule has 5 nitrogen and oxygen atoms in total. The molecular formula is C13H12BNO4. The van der Waals surface area contributed by atoms with E-state index in [0.717, 1.165) is 5.56 Å². The second kappa shape index (κ2) is 5.21. The third kappa shape index (κ3) is 2.81. The van der Waals surface area contributed by atoms with E-state index in [0.29, 0.717) is 16.6 Å². The van der Waals surface area contributed by atoms with Gasteiger partial charge in [-0.2, -0.15) is 0 Å². The third-order valence-corrected chi connectivity index (χ3v) is 2.85. The first-order chi connectivity index (χ1) is 8.99. The molecule has 0 aliphatic heterocycles. The quantitative estimate of drug-likeness (QED) is 0.492. The normalized spacial score (nSPS) is 10.3. The number of aryl methyl sites for hydroxylation is 1. The highest BCUT2D eigenvalue weighted by Crippen LogP contribution is 2.23. The van der Waals surface area contributed by atoms with Crippen molar-refractivity contribution >= 4 is 18.3 Å². The third-order valence-electron chi connectivity index (χ3n) is 2.85. The number of hydrogen-bond donors (Lipinski definition) is 2. The molecule has 0 atom stereocenters. The van der Waals surface area contributed by atoms with Crippen molar-refractivity contribution in [2.45, 2.75) is 6.92 Å². The molecule has 0 unspecified atom stereocenters. The summed E-state index contributed by atoms with van der Waals surface area (Å²) in [5, 5.41) is 29.5. The standard InChI is InChI=1S/C13H12BNO4/c1-9-5-6-13(14(16)17)12(7-9)10-3-2-4-11(8-10)15(18)19/h2-8,16-17H,1H3. The Balaban J connectivity index is 2.60. The number of nitrogens with zero attached hydrogens (tertiary/aromatic N) is 1. The smallest absolute Gasteiger partial charge is 0.423 e. The summed E-state index contributed by atoms with van der Waals surface area (Å²) in [6.07, 6.45) is 0. The summed E-state index contributed by atoms with van der Waals surface area (Å²) in [7, 11) is -1.62. The van der Waals surface area contributed by atoms with E-state index in [2.05, 4.69) is 0 Å². The summed E-state index contributed by atoms with van der Waals surface area (Å²) in [6, 6.07) is 11.2. The van der Waals surface area contributed by atoms with Crippen LogP contribution >= 0.6 is 0 Å². The van der Waals surface area contributed by atoms with Crippen LogP contribution < -0.4 is 5.46 Å². The van der Waals surface area contributed by atoms with Gasteiger partial charge in [-0.25, -0.2) is 0 Å². The Morgan fingerprint density at radius 1 is 1.16 bits per heavy atom. The van der Waals surface area contributed by atoms with Gasteiger partial charge in [0.05, 0.1) is 4.92 Å². The first-order valence-electron chi connectivity index (χ1n) is 5.70. The Hall–Kier alpha value is -2.18. The van der Waals surface area contributed by atoms with Crippen LogP contribution in [0.2, 0.25) is 0 Å². The van der Waals surface area contributed by atoms with Gasteiger partial charge in [-0.1, -0.05) is 35.9 Å². The predicted molar refractivity (Wildman–Crippen MR) is 73.1 cm³/mol. The topological polar surface area (TPSA) is 83.6 Å². The fraction of sp³-hybridized carbons (Fsp3) is 0.0769. The van der Waals surface area contributed by atoms with Gasteiger partial charge >= 0.3 is 7.12 Å². The SMILES string of the molecule is Cc1ccc(B(O)O)c(-c2cccc([N+](=O)[O-])c2)c1. The van der Waals surface area contributed by atoms with Crippen molar-refractivity contribution in [1.82, 2.24) is 0 Å². The Kier molecular flexibility index (Phi) is 3.64. The minimum atomic E-state index is -1.62. The van der Waals surface area contributed by atoms with Crippen LogP contribution in [0.5, 0.6) is 0 Å². The van der Waals surface area contributed by atoms with E-state index < -0.39 is 12.0 Å². The van der Waals surface area contributed by atoms with E-state index in [4.69, 9.17) is 0 Å². The van der Waals surface area contributed by atoms with Crippen molar-refractivity contribution in [3.63, 3.8) is 0 Å². The average molecular weight is 257 g/mol. The minimum absolute atomic E-state index is 0.0302. The second-order valence-electron chi connectivity index (χ2n) is 4.27. The highest BCUT2D eigenvalue weighted by atomic mass is 16.6. The zero-order valence-electron chi connectivity index (χ0n) is 10.3. The number of nitro benzene ring substituents is 1. The predicted octanol–water partition coefficient (Wildman–Crippen LogP) is 1.25. The monoisotopic (exact) mass is 257 g/mol. The highest BCUT2D eigenvalue weighted by molar-refractivity contribution is 6.60. The van der Waals surface area contributed by atoms with Gasteiger partial charge in [0.1, 0.15) is 0 Å². The molecule has 2 N–H and O–H groups in total. The maximum atomic E-state index is 10.8. The minimum Gasteiger partial charge on any atom is -0.423 e. The summed E-state index contributed by atoms with van der Waals surface area (Å²) in [5.74, 6) is 0. The van der Waals surface area contributed by atoms with Crippen molar-refractivity contribution in [3.05, 3.63) is 58.1 Å². The summed E-state index contributed by atoms with van der Waals surface area (Å²) in [5.41, 5.74) is 2.40. The molecule has 96 valence electrons. The van der Waals surface area contributed by atoms with Crippen molar-refractivity contribution in [3.8, 4) is 11.1 Å². The molecule has 0 amide bonds. The lowest BCUT2D eigenvalue weighted by Crippen LogP contribution is -2.31. The Labute approximate surface area is 110 Å². The number of non-ortho nitro benzene ring substituents is 1. The molecule has 0 aliphatic carbocycles. The second-order valence-corrected chi connectivity index (χ2v) is 4.27. The number of hydrogen-bond acceptors (Lipinski definition) is 4. The molecule has 0 aromatic heterocycles. The van der Waals surface area contributed by atoms with Crippen LogP contribution in [0.25, 0.3) is 11.1 Å². The molecule has 0 saturated carbocycles. The van der Waals surface area contributed by atoms with Crippen LogP contribution in [0.4, 0.5) is 5.69 Å². The van der Waals surface area contributed by atoms with Crippen molar-refractivity contribution < 1.29 is 15.0 Å². The molecule has 2 aromatic carbocycles. The van der Waals surface area contributed by atoms with Gasteiger partial charge in [-0.3, -0.25) is 10.1 Å². The van der Waals surface area contributed by atoms with Crippen LogP contribution in [0, 0.1) is 17.0 Å². The van der Waals surface area contributed by atoms with E-state index >= 15 is 0 Å². The summed E-state index contributed by atoms with van der Waals surface area (Å²) < 4.78 is 0. The van der Waals surface area contributed by atoms with E-state index in [1.54, 1.807) is 30.3 Å². The maximum absolute atomic E-state index is 10.8. The van der Waals surface area contributed by atoms with Crippen LogP contribution in [-0.4, -0.2) is 22.1 Å². The van der Waals surface area contributed by atoms with Crippen molar-refractivity contribution in [2.24, 2.45) is 0 Å². The lowest BCUT2D eigenvalue weighted by atomic mass is 9.75. The lowest BCUT2D eigenvalue weighted by Gasteiger charge is -2.10. The van der Waals surface area contributed by atoms with Gasteiger partial charge in [0.15, 0.2) is 0 Å². The van der Waals surface area contributed by atoms with Gasteiger partial charge in [-0.05, 0) is 23.5 Å². The molecule has 0 heterocycles. The van der Waals surface area contributed by atoms with Crippen molar-refractivity contribution in [1.29, 1.82) is 0 Å². The summed E-state index contributed by atoms with van der Waals surface area (Å²) in [6.45, 7) is 1.87. The first-order valence-corrected chi connectivity index (χ1v) is 5.70. The summed E-state index contributed by atoms with van der Waals surface area (Å²) in [4.78, 5) is 10.3. The average Bonchev–Trinajstić information content (AvgIpc) is 2.38. The van der Waals surface area contributed by atoms with Crippen LogP contribution in [0.1, 0.15) is 5.56 Å². The molecule has 2 rings (SSSR count). The molecule has 2 aromatic rings. The van der Waals surface area contributed by atoms with Gasteiger partial charge < -0.3 is 10.0 Å². The molecule has 0 spiro atoms. The number of nitro groups is 1. The summed E-state index contributed by atoms with van der Waals surface area (Å²) >= 11 is 0. The molecule has 6 heteroatoms. The molecule has 0 saturated heterocycles. The van der Waals surface area contributed by atoms with Gasteiger partial charge in [0.25, 0.3) is 5.69 Å². The maximum Gasteiger partial charge on any atom is 0.489 e. The number of rotatable bonds is 3. The Morgan fingerprint density at radius 2 is 1.89 bits per heavy atom. The zero-order chi connectivity index (χ0) is 14.0. The van der Waals surface area contributed by atoms with Gasteiger partial charge in [-0.15, -0.1) is 0 Å². The largest absolute Gasteiger partial charge is 0.489 e. The molecule has 0 bridgehead atoms. The molecule has 19 heavy (non-hydrogen) atoms. The first kappa shape index (κ1) is 13.3. The molecule has 0 fully saturated rings. The fourth-order valence-corrected chi connectivity index (χ4v) is 1.93.